The highest BCUT2D eigenvalue weighted by Gasteiger charge is 2.16. The Morgan fingerprint density at radius 1 is 1.00 bits per heavy atom. The van der Waals surface area contributed by atoms with Crippen LogP contribution >= 0.6 is 0 Å². The molecule has 152 valence electrons. The van der Waals surface area contributed by atoms with Crippen molar-refractivity contribution in [3.63, 3.8) is 0 Å². The quantitative estimate of drug-likeness (QED) is 0.548. The van der Waals surface area contributed by atoms with Crippen molar-refractivity contribution in [3.05, 3.63) is 59.8 Å². The van der Waals surface area contributed by atoms with Crippen LogP contribution in [0.2, 0.25) is 0 Å². The molecular weight excluding hydrogens is 394 g/mol. The fourth-order valence-corrected chi connectivity index (χ4v) is 2.52. The van der Waals surface area contributed by atoms with E-state index in [1.165, 1.54) is 42.5 Å². The first-order valence-electron chi connectivity index (χ1n) is 8.29. The number of anilines is 1. The maximum absolute atomic E-state index is 12.5. The number of nitrogens with zero attached hydrogens (tertiary/aromatic N) is 1. The topological polar surface area (TPSA) is 76.2 Å². The van der Waals surface area contributed by atoms with E-state index in [0.717, 1.165) is 5.56 Å². The summed E-state index contributed by atoms with van der Waals surface area (Å²) in [5.41, 5.74) is 1.82. The second kappa shape index (κ2) is 8.63. The summed E-state index contributed by atoms with van der Waals surface area (Å²) in [6, 6.07) is 11.5. The minimum Gasteiger partial charge on any atom is -0.435 e. The molecule has 10 heteroatoms. The number of halogens is 4. The normalized spacial score (nSPS) is 11.0. The Balaban J connectivity index is 1.75. The molecule has 0 saturated carbocycles. The Kier molecular flexibility index (Phi) is 6.01. The number of ether oxygens (including phenoxy) is 2. The molecular formula is C19H15F4N3O3. The van der Waals surface area contributed by atoms with Crippen molar-refractivity contribution in [2.45, 2.75) is 20.1 Å². The number of alkyl halides is 4. The second-order valence-electron chi connectivity index (χ2n) is 5.90. The summed E-state index contributed by atoms with van der Waals surface area (Å²) >= 11 is 0. The van der Waals surface area contributed by atoms with Crippen LogP contribution in [0.5, 0.6) is 11.5 Å². The molecule has 0 aliphatic rings. The molecule has 0 atom stereocenters. The summed E-state index contributed by atoms with van der Waals surface area (Å²) < 4.78 is 58.2. The zero-order chi connectivity index (χ0) is 21.0. The fourth-order valence-electron chi connectivity index (χ4n) is 2.52. The number of carbonyl (C=O) groups is 1. The van der Waals surface area contributed by atoms with Gasteiger partial charge in [0.25, 0.3) is 5.91 Å². The molecule has 1 amide bonds. The lowest BCUT2D eigenvalue weighted by Gasteiger charge is -2.12. The Bertz CT molecular complexity index is 991. The zero-order valence-electron chi connectivity index (χ0n) is 15.0. The summed E-state index contributed by atoms with van der Waals surface area (Å²) in [6.45, 7) is -4.23. The Hall–Kier alpha value is -3.56. The van der Waals surface area contributed by atoms with Crippen LogP contribution in [0.3, 0.4) is 0 Å². The molecule has 0 radical (unpaired) electrons. The highest BCUT2D eigenvalue weighted by Crippen LogP contribution is 2.28. The molecule has 0 unspecified atom stereocenters. The van der Waals surface area contributed by atoms with Gasteiger partial charge in [-0.25, -0.2) is 0 Å². The van der Waals surface area contributed by atoms with Crippen LogP contribution in [0.15, 0.2) is 48.5 Å². The number of hydrogen-bond donors (Lipinski definition) is 2. The number of hydrogen-bond acceptors (Lipinski definition) is 4. The lowest BCUT2D eigenvalue weighted by atomic mass is 10.1. The van der Waals surface area contributed by atoms with Gasteiger partial charge in [0.15, 0.2) is 0 Å². The van der Waals surface area contributed by atoms with E-state index in [9.17, 15) is 22.4 Å². The first-order valence-corrected chi connectivity index (χ1v) is 8.29. The molecule has 0 aliphatic heterocycles. The van der Waals surface area contributed by atoms with E-state index < -0.39 is 19.1 Å². The summed E-state index contributed by atoms with van der Waals surface area (Å²) in [5, 5.41) is 9.04. The van der Waals surface area contributed by atoms with Crippen molar-refractivity contribution in [1.29, 1.82) is 0 Å². The molecule has 0 aliphatic carbocycles. The number of H-pyrrole nitrogens is 1. The van der Waals surface area contributed by atoms with Gasteiger partial charge < -0.3 is 14.8 Å². The molecule has 0 saturated heterocycles. The number of aromatic nitrogens is 2. The molecule has 0 spiro atoms. The average Bonchev–Trinajstić information content (AvgIpc) is 3.14. The maximum Gasteiger partial charge on any atom is 0.387 e. The van der Waals surface area contributed by atoms with Crippen LogP contribution < -0.4 is 14.8 Å². The Morgan fingerprint density at radius 2 is 1.69 bits per heavy atom. The highest BCUT2D eigenvalue weighted by atomic mass is 19.3. The minimum absolute atomic E-state index is 0.0109. The van der Waals surface area contributed by atoms with Crippen molar-refractivity contribution < 1.29 is 31.8 Å². The zero-order valence-corrected chi connectivity index (χ0v) is 15.0. The molecule has 2 aromatic carbocycles. The number of benzene rings is 2. The molecule has 1 aromatic heterocycles. The van der Waals surface area contributed by atoms with Crippen LogP contribution in [-0.2, 0) is 0 Å². The van der Waals surface area contributed by atoms with Crippen LogP contribution in [0, 0.1) is 6.92 Å². The van der Waals surface area contributed by atoms with Crippen molar-refractivity contribution in [3.8, 4) is 22.8 Å². The molecule has 3 aromatic rings. The van der Waals surface area contributed by atoms with Gasteiger partial charge in [0.1, 0.15) is 17.2 Å². The Labute approximate surface area is 162 Å². The predicted octanol–water partition coefficient (Wildman–Crippen LogP) is 4.84. The second-order valence-corrected chi connectivity index (χ2v) is 5.90. The molecule has 0 bridgehead atoms. The third-order valence-electron chi connectivity index (χ3n) is 3.80. The third kappa shape index (κ3) is 5.24. The molecule has 2 N–H and O–H groups in total. The number of carbonyl (C=O) groups excluding carboxylic acids is 1. The van der Waals surface area contributed by atoms with Gasteiger partial charge in [-0.1, -0.05) is 6.07 Å². The first-order chi connectivity index (χ1) is 13.8. The SMILES string of the molecule is Cc1ccc(OC(F)F)c(NC(=O)c2cc(-c3ccc(OC(F)F)cc3)n[nH]2)c1. The lowest BCUT2D eigenvalue weighted by molar-refractivity contribution is -0.0503. The molecule has 29 heavy (non-hydrogen) atoms. The monoisotopic (exact) mass is 409 g/mol. The highest BCUT2D eigenvalue weighted by molar-refractivity contribution is 6.04. The number of aromatic amines is 1. The minimum atomic E-state index is -3.04. The van der Waals surface area contributed by atoms with E-state index in [2.05, 4.69) is 25.0 Å². The van der Waals surface area contributed by atoms with Gasteiger partial charge in [0.05, 0.1) is 11.4 Å². The van der Waals surface area contributed by atoms with Crippen molar-refractivity contribution in [2.24, 2.45) is 0 Å². The van der Waals surface area contributed by atoms with Crippen molar-refractivity contribution in [1.82, 2.24) is 10.2 Å². The molecule has 0 fully saturated rings. The lowest BCUT2D eigenvalue weighted by Crippen LogP contribution is -2.14. The maximum atomic E-state index is 12.5. The number of rotatable bonds is 7. The van der Waals surface area contributed by atoms with E-state index in [-0.39, 0.29) is 22.9 Å². The van der Waals surface area contributed by atoms with E-state index in [0.29, 0.717) is 11.3 Å². The largest absolute Gasteiger partial charge is 0.435 e. The fraction of sp³-hybridized carbons (Fsp3) is 0.158. The van der Waals surface area contributed by atoms with Crippen molar-refractivity contribution >= 4 is 11.6 Å². The van der Waals surface area contributed by atoms with Crippen LogP contribution in [-0.4, -0.2) is 29.3 Å². The average molecular weight is 409 g/mol. The summed E-state index contributed by atoms with van der Waals surface area (Å²) in [5.74, 6) is -0.803. The third-order valence-corrected chi connectivity index (χ3v) is 3.80. The number of amides is 1. The van der Waals surface area contributed by atoms with Gasteiger partial charge in [0.2, 0.25) is 0 Å². The predicted molar refractivity (Wildman–Crippen MR) is 96.4 cm³/mol. The number of nitrogens with one attached hydrogen (secondary N) is 2. The van der Waals surface area contributed by atoms with Gasteiger partial charge in [-0.05, 0) is 55.0 Å². The molecule has 6 nitrogen and oxygen atoms in total. The van der Waals surface area contributed by atoms with Gasteiger partial charge in [0, 0.05) is 5.56 Å². The van der Waals surface area contributed by atoms with E-state index in [4.69, 9.17) is 0 Å². The van der Waals surface area contributed by atoms with Gasteiger partial charge >= 0.3 is 13.2 Å². The van der Waals surface area contributed by atoms with E-state index in [1.54, 1.807) is 13.0 Å². The first kappa shape index (κ1) is 20.2. The summed E-state index contributed by atoms with van der Waals surface area (Å²) in [7, 11) is 0. The van der Waals surface area contributed by atoms with E-state index in [1.807, 2.05) is 0 Å². The molecule has 1 heterocycles. The van der Waals surface area contributed by atoms with Crippen LogP contribution in [0.25, 0.3) is 11.3 Å². The van der Waals surface area contributed by atoms with E-state index >= 15 is 0 Å². The van der Waals surface area contributed by atoms with Gasteiger partial charge in [-0.3, -0.25) is 9.89 Å². The molecule has 3 rings (SSSR count). The van der Waals surface area contributed by atoms with Crippen LogP contribution in [0.1, 0.15) is 16.1 Å². The van der Waals surface area contributed by atoms with Crippen molar-refractivity contribution in [2.75, 3.05) is 5.32 Å². The van der Waals surface area contributed by atoms with Gasteiger partial charge in [-0.15, -0.1) is 0 Å². The smallest absolute Gasteiger partial charge is 0.387 e. The number of aryl methyl sites for hydroxylation is 1. The van der Waals surface area contributed by atoms with Crippen LogP contribution in [0.4, 0.5) is 23.2 Å². The van der Waals surface area contributed by atoms with Gasteiger partial charge in [-0.2, -0.15) is 22.7 Å². The Morgan fingerprint density at radius 3 is 2.34 bits per heavy atom. The standard InChI is InChI=1S/C19H15F4N3O3/c1-10-2-7-16(29-19(22)23)14(8-10)24-17(27)15-9-13(25-26-15)11-3-5-12(6-4-11)28-18(20)21/h2-9,18-19H,1H3,(H,24,27)(H,25,26). The summed E-state index contributed by atoms with van der Waals surface area (Å²) in [6.07, 6.45) is 0. The summed E-state index contributed by atoms with van der Waals surface area (Å²) in [4.78, 5) is 12.5.